The first kappa shape index (κ1) is 17.0. The third kappa shape index (κ3) is 5.37. The predicted molar refractivity (Wildman–Crippen MR) is 89.4 cm³/mol. The van der Waals surface area contributed by atoms with Gasteiger partial charge in [-0.3, -0.25) is 9.48 Å². The number of aryl methyl sites for hydroxylation is 1. The first-order chi connectivity index (χ1) is 10.8. The largest absolute Gasteiger partial charge is 0.351 e. The summed E-state index contributed by atoms with van der Waals surface area (Å²) in [6.07, 6.45) is 4.33. The zero-order chi connectivity index (χ0) is 16.9. The molecule has 1 aromatic carbocycles. The van der Waals surface area contributed by atoms with Crippen molar-refractivity contribution >= 4 is 15.7 Å². The predicted octanol–water partition coefficient (Wildman–Crippen LogP) is 1.53. The third-order valence-corrected chi connectivity index (χ3v) is 3.78. The van der Waals surface area contributed by atoms with Crippen molar-refractivity contribution in [2.45, 2.75) is 13.5 Å². The van der Waals surface area contributed by atoms with Crippen LogP contribution in [-0.2, 0) is 21.2 Å². The number of amides is 1. The number of sulfone groups is 1. The molecule has 122 valence electrons. The molecule has 1 heterocycles. The zero-order valence-electron chi connectivity index (χ0n) is 13.1. The molecule has 23 heavy (non-hydrogen) atoms. The second-order valence-electron chi connectivity index (χ2n) is 5.20. The Kier molecular flexibility index (Phi) is 5.33. The van der Waals surface area contributed by atoms with Gasteiger partial charge in [-0.2, -0.15) is 5.10 Å². The number of rotatable bonds is 6. The van der Waals surface area contributed by atoms with Gasteiger partial charge in [0, 0.05) is 30.0 Å². The summed E-state index contributed by atoms with van der Waals surface area (Å²) in [4.78, 5) is 11.8. The van der Waals surface area contributed by atoms with Crippen LogP contribution in [-0.4, -0.2) is 36.9 Å². The lowest BCUT2D eigenvalue weighted by Gasteiger charge is -2.02. The highest BCUT2D eigenvalue weighted by atomic mass is 32.2. The van der Waals surface area contributed by atoms with Crippen molar-refractivity contribution in [2.24, 2.45) is 0 Å². The van der Waals surface area contributed by atoms with Gasteiger partial charge in [-0.15, -0.1) is 0 Å². The molecule has 0 saturated heterocycles. The quantitative estimate of drug-likeness (QED) is 0.869. The molecule has 0 aliphatic carbocycles. The third-order valence-electron chi connectivity index (χ3n) is 3.10. The summed E-state index contributed by atoms with van der Waals surface area (Å²) in [5.74, 6) is -0.231. The van der Waals surface area contributed by atoms with E-state index in [9.17, 15) is 13.2 Å². The fourth-order valence-corrected chi connectivity index (χ4v) is 2.54. The van der Waals surface area contributed by atoms with Gasteiger partial charge in [-0.05, 0) is 12.5 Å². The van der Waals surface area contributed by atoms with E-state index in [4.69, 9.17) is 0 Å². The molecule has 1 amide bonds. The van der Waals surface area contributed by atoms with E-state index in [1.165, 1.54) is 6.08 Å². The molecule has 1 aromatic heterocycles. The Bertz CT molecular complexity index is 808. The van der Waals surface area contributed by atoms with E-state index < -0.39 is 9.84 Å². The monoisotopic (exact) mass is 333 g/mol. The van der Waals surface area contributed by atoms with Crippen molar-refractivity contribution in [1.29, 1.82) is 0 Å². The molecule has 2 rings (SSSR count). The van der Waals surface area contributed by atoms with Gasteiger partial charge in [0.1, 0.15) is 6.54 Å². The lowest BCUT2D eigenvalue weighted by molar-refractivity contribution is -0.121. The lowest BCUT2D eigenvalue weighted by Crippen LogP contribution is -2.27. The second-order valence-corrected chi connectivity index (χ2v) is 7.13. The minimum atomic E-state index is -3.16. The summed E-state index contributed by atoms with van der Waals surface area (Å²) < 4.78 is 23.4. The molecule has 0 radical (unpaired) electrons. The highest BCUT2D eigenvalue weighted by Gasteiger charge is 2.09. The maximum absolute atomic E-state index is 11.8. The van der Waals surface area contributed by atoms with E-state index in [1.807, 2.05) is 43.5 Å². The van der Waals surface area contributed by atoms with Crippen LogP contribution >= 0.6 is 0 Å². The summed E-state index contributed by atoms with van der Waals surface area (Å²) in [7, 11) is -3.16. The molecular formula is C16H19N3O3S. The maximum atomic E-state index is 11.8. The van der Waals surface area contributed by atoms with Crippen molar-refractivity contribution in [3.8, 4) is 11.1 Å². The first-order valence-corrected chi connectivity index (χ1v) is 9.03. The van der Waals surface area contributed by atoms with Crippen LogP contribution in [0, 0.1) is 6.92 Å². The van der Waals surface area contributed by atoms with Crippen molar-refractivity contribution in [2.75, 3.05) is 12.8 Å². The minimum Gasteiger partial charge on any atom is -0.351 e. The Morgan fingerprint density at radius 2 is 2.00 bits per heavy atom. The molecule has 0 fully saturated rings. The molecule has 2 aromatic rings. The lowest BCUT2D eigenvalue weighted by atomic mass is 10.1. The molecule has 0 aliphatic rings. The standard InChI is InChI=1S/C16H19N3O3S/c1-13-15(14-7-4-3-5-8-14)11-19(18-13)12-16(20)17-9-6-10-23(2,21)22/h3-8,10-11H,9,12H2,1-2H3,(H,17,20)/b10-6+. The number of carbonyl (C=O) groups is 1. The van der Waals surface area contributed by atoms with Gasteiger partial charge < -0.3 is 5.32 Å². The maximum Gasteiger partial charge on any atom is 0.241 e. The normalized spacial score (nSPS) is 11.7. The van der Waals surface area contributed by atoms with Crippen molar-refractivity contribution in [3.63, 3.8) is 0 Å². The molecule has 0 unspecified atom stereocenters. The van der Waals surface area contributed by atoms with E-state index >= 15 is 0 Å². The van der Waals surface area contributed by atoms with Crippen LogP contribution in [0.5, 0.6) is 0 Å². The minimum absolute atomic E-state index is 0.0837. The Balaban J connectivity index is 1.96. The molecule has 0 atom stereocenters. The topological polar surface area (TPSA) is 81.1 Å². The molecule has 0 spiro atoms. The van der Waals surface area contributed by atoms with Crippen LogP contribution in [0.2, 0.25) is 0 Å². The molecule has 6 nitrogen and oxygen atoms in total. The van der Waals surface area contributed by atoms with Crippen molar-refractivity contribution in [3.05, 3.63) is 53.7 Å². The SMILES string of the molecule is Cc1nn(CC(=O)NC/C=C/S(C)(=O)=O)cc1-c1ccccc1. The van der Waals surface area contributed by atoms with E-state index in [2.05, 4.69) is 10.4 Å². The fraction of sp³-hybridized carbons (Fsp3) is 0.250. The van der Waals surface area contributed by atoms with Crippen LogP contribution in [0.15, 0.2) is 48.0 Å². The summed E-state index contributed by atoms with van der Waals surface area (Å²) in [6.45, 7) is 2.14. The number of hydrogen-bond acceptors (Lipinski definition) is 4. The number of aromatic nitrogens is 2. The first-order valence-electron chi connectivity index (χ1n) is 7.08. The second kappa shape index (κ2) is 7.23. The molecule has 0 saturated carbocycles. The highest BCUT2D eigenvalue weighted by molar-refractivity contribution is 7.93. The van der Waals surface area contributed by atoms with Gasteiger partial charge in [0.05, 0.1) is 5.69 Å². The molecule has 0 bridgehead atoms. The van der Waals surface area contributed by atoms with Crippen LogP contribution < -0.4 is 5.32 Å². The number of nitrogens with one attached hydrogen (secondary N) is 1. The van der Waals surface area contributed by atoms with Crippen molar-refractivity contribution in [1.82, 2.24) is 15.1 Å². The number of benzene rings is 1. The smallest absolute Gasteiger partial charge is 0.241 e. The van der Waals surface area contributed by atoms with Gasteiger partial charge in [0.2, 0.25) is 5.91 Å². The Hall–Kier alpha value is -2.41. The van der Waals surface area contributed by atoms with Crippen molar-refractivity contribution < 1.29 is 13.2 Å². The molecule has 0 aliphatic heterocycles. The van der Waals surface area contributed by atoms with E-state index in [1.54, 1.807) is 4.68 Å². The van der Waals surface area contributed by atoms with Gasteiger partial charge in [-0.1, -0.05) is 36.4 Å². The Morgan fingerprint density at radius 1 is 1.30 bits per heavy atom. The highest BCUT2D eigenvalue weighted by Crippen LogP contribution is 2.21. The van der Waals surface area contributed by atoms with E-state index in [0.717, 1.165) is 28.5 Å². The average molecular weight is 333 g/mol. The molecular weight excluding hydrogens is 314 g/mol. The number of nitrogens with zero attached hydrogens (tertiary/aromatic N) is 2. The molecule has 7 heteroatoms. The van der Waals surface area contributed by atoms with Crippen LogP contribution in [0.4, 0.5) is 0 Å². The average Bonchev–Trinajstić information content (AvgIpc) is 2.84. The van der Waals surface area contributed by atoms with Crippen LogP contribution in [0.3, 0.4) is 0 Å². The summed E-state index contributed by atoms with van der Waals surface area (Å²) in [6, 6.07) is 9.83. The molecule has 1 N–H and O–H groups in total. The summed E-state index contributed by atoms with van der Waals surface area (Å²) >= 11 is 0. The number of hydrogen-bond donors (Lipinski definition) is 1. The van der Waals surface area contributed by atoms with Gasteiger partial charge >= 0.3 is 0 Å². The van der Waals surface area contributed by atoms with Gasteiger partial charge in [0.15, 0.2) is 9.84 Å². The number of carbonyl (C=O) groups excluding carboxylic acids is 1. The summed E-state index contributed by atoms with van der Waals surface area (Å²) in [5.41, 5.74) is 2.88. The Labute approximate surface area is 135 Å². The fourth-order valence-electron chi connectivity index (χ4n) is 2.10. The van der Waals surface area contributed by atoms with Crippen LogP contribution in [0.25, 0.3) is 11.1 Å². The van der Waals surface area contributed by atoms with E-state index in [-0.39, 0.29) is 19.0 Å². The summed E-state index contributed by atoms with van der Waals surface area (Å²) in [5, 5.41) is 8.03. The van der Waals surface area contributed by atoms with Crippen LogP contribution in [0.1, 0.15) is 5.69 Å². The zero-order valence-corrected chi connectivity index (χ0v) is 13.9. The van der Waals surface area contributed by atoms with E-state index in [0.29, 0.717) is 0 Å². The van der Waals surface area contributed by atoms with Gasteiger partial charge in [0.25, 0.3) is 0 Å². The van der Waals surface area contributed by atoms with Gasteiger partial charge in [-0.25, -0.2) is 8.42 Å². The Morgan fingerprint density at radius 3 is 2.65 bits per heavy atom.